The van der Waals surface area contributed by atoms with Gasteiger partial charge in [-0.1, -0.05) is 18.6 Å². The number of benzene rings is 1. The van der Waals surface area contributed by atoms with Gasteiger partial charge in [0.05, 0.1) is 5.41 Å². The number of hydrogen-bond donors (Lipinski definition) is 3. The van der Waals surface area contributed by atoms with E-state index in [2.05, 4.69) is 5.32 Å². The van der Waals surface area contributed by atoms with Gasteiger partial charge in [-0.2, -0.15) is 0 Å². The Bertz CT molecular complexity index is 449. The molecule has 0 aliphatic heterocycles. The lowest BCUT2D eigenvalue weighted by Gasteiger charge is -2.38. The Morgan fingerprint density at radius 2 is 1.82 bits per heavy atom. The number of carboxylic acid groups (broad SMARTS) is 1. The topological polar surface area (TPSA) is 92.4 Å². The number of carbonyl (C=O) groups excluding carboxylic acids is 1. The fourth-order valence-corrected chi connectivity index (χ4v) is 2.17. The van der Waals surface area contributed by atoms with Crippen molar-refractivity contribution in [2.24, 2.45) is 5.73 Å². The SMILES string of the molecule is NC(=O)Nc1ccc(C2(C(=O)O)CCC2)cc1. The van der Waals surface area contributed by atoms with Crippen LogP contribution < -0.4 is 11.1 Å². The Kier molecular flexibility index (Phi) is 2.75. The number of carbonyl (C=O) groups is 2. The van der Waals surface area contributed by atoms with Crippen LogP contribution in [0.4, 0.5) is 10.5 Å². The van der Waals surface area contributed by atoms with Crippen LogP contribution in [0.25, 0.3) is 0 Å². The second kappa shape index (κ2) is 4.08. The number of nitrogens with two attached hydrogens (primary N) is 1. The highest BCUT2D eigenvalue weighted by Crippen LogP contribution is 2.44. The number of amides is 2. The summed E-state index contributed by atoms with van der Waals surface area (Å²) in [6, 6.07) is 6.18. The third-order valence-electron chi connectivity index (χ3n) is 3.32. The van der Waals surface area contributed by atoms with Gasteiger partial charge in [0.25, 0.3) is 0 Å². The molecule has 0 aromatic heterocycles. The van der Waals surface area contributed by atoms with E-state index in [4.69, 9.17) is 5.73 Å². The molecule has 1 aromatic carbocycles. The molecule has 0 atom stereocenters. The van der Waals surface area contributed by atoms with Crippen LogP contribution in [0.3, 0.4) is 0 Å². The van der Waals surface area contributed by atoms with Crippen LogP contribution in [0.5, 0.6) is 0 Å². The molecule has 5 nitrogen and oxygen atoms in total. The first-order chi connectivity index (χ1) is 8.04. The Morgan fingerprint density at radius 1 is 1.24 bits per heavy atom. The van der Waals surface area contributed by atoms with Crippen molar-refractivity contribution in [1.29, 1.82) is 0 Å². The maximum atomic E-state index is 11.3. The summed E-state index contributed by atoms with van der Waals surface area (Å²) in [4.78, 5) is 21.9. The molecule has 0 bridgehead atoms. The first kappa shape index (κ1) is 11.4. The molecule has 4 N–H and O–H groups in total. The van der Waals surface area contributed by atoms with Crippen LogP contribution in [-0.2, 0) is 10.2 Å². The molecule has 1 fully saturated rings. The van der Waals surface area contributed by atoms with Crippen molar-refractivity contribution in [2.45, 2.75) is 24.7 Å². The fraction of sp³-hybridized carbons (Fsp3) is 0.333. The molecule has 1 aliphatic carbocycles. The van der Waals surface area contributed by atoms with Gasteiger partial charge in [0.2, 0.25) is 0 Å². The second-order valence-corrected chi connectivity index (χ2v) is 4.31. The summed E-state index contributed by atoms with van der Waals surface area (Å²) in [5.41, 5.74) is 5.61. The quantitative estimate of drug-likeness (QED) is 0.742. The maximum Gasteiger partial charge on any atom is 0.316 e. The van der Waals surface area contributed by atoms with E-state index in [0.717, 1.165) is 12.0 Å². The molecule has 0 radical (unpaired) electrons. The van der Waals surface area contributed by atoms with Crippen LogP contribution in [0.15, 0.2) is 24.3 Å². The third-order valence-corrected chi connectivity index (χ3v) is 3.32. The normalized spacial score (nSPS) is 16.9. The van der Waals surface area contributed by atoms with E-state index in [-0.39, 0.29) is 0 Å². The van der Waals surface area contributed by atoms with Crippen LogP contribution in [0, 0.1) is 0 Å². The minimum absolute atomic E-state index is 0.570. The zero-order valence-corrected chi connectivity index (χ0v) is 9.27. The van der Waals surface area contributed by atoms with Crippen molar-refractivity contribution in [2.75, 3.05) is 5.32 Å². The highest BCUT2D eigenvalue weighted by molar-refractivity contribution is 5.88. The molecule has 1 aromatic rings. The smallest absolute Gasteiger partial charge is 0.316 e. The average molecular weight is 234 g/mol. The Labute approximate surface area is 98.6 Å². The first-order valence-electron chi connectivity index (χ1n) is 5.45. The van der Waals surface area contributed by atoms with E-state index in [9.17, 15) is 14.7 Å². The summed E-state index contributed by atoms with van der Waals surface area (Å²) in [6.45, 7) is 0. The van der Waals surface area contributed by atoms with Gasteiger partial charge in [-0.15, -0.1) is 0 Å². The van der Waals surface area contributed by atoms with Crippen LogP contribution in [0.2, 0.25) is 0 Å². The lowest BCUT2D eigenvalue weighted by Crippen LogP contribution is -2.42. The van der Waals surface area contributed by atoms with Gasteiger partial charge in [-0.3, -0.25) is 4.79 Å². The van der Waals surface area contributed by atoms with Gasteiger partial charge < -0.3 is 16.2 Å². The molecular weight excluding hydrogens is 220 g/mol. The van der Waals surface area contributed by atoms with Gasteiger partial charge in [0.1, 0.15) is 0 Å². The van der Waals surface area contributed by atoms with E-state index in [1.54, 1.807) is 24.3 Å². The second-order valence-electron chi connectivity index (χ2n) is 4.31. The van der Waals surface area contributed by atoms with Gasteiger partial charge in [0, 0.05) is 5.69 Å². The lowest BCUT2D eigenvalue weighted by atomic mass is 9.64. The van der Waals surface area contributed by atoms with Crippen molar-refractivity contribution in [3.05, 3.63) is 29.8 Å². The van der Waals surface area contributed by atoms with E-state index >= 15 is 0 Å². The van der Waals surface area contributed by atoms with E-state index in [0.29, 0.717) is 18.5 Å². The number of primary amides is 1. The molecule has 0 heterocycles. The Hall–Kier alpha value is -2.04. The summed E-state index contributed by atoms with van der Waals surface area (Å²) >= 11 is 0. The van der Waals surface area contributed by atoms with Gasteiger partial charge >= 0.3 is 12.0 Å². The molecule has 1 saturated carbocycles. The number of nitrogens with one attached hydrogen (secondary N) is 1. The number of hydrogen-bond acceptors (Lipinski definition) is 2. The van der Waals surface area contributed by atoms with Crippen molar-refractivity contribution in [3.63, 3.8) is 0 Å². The molecule has 1 aliphatic rings. The molecule has 2 rings (SSSR count). The monoisotopic (exact) mass is 234 g/mol. The summed E-state index contributed by atoms with van der Waals surface area (Å²) in [7, 11) is 0. The zero-order valence-electron chi connectivity index (χ0n) is 9.27. The number of anilines is 1. The summed E-state index contributed by atoms with van der Waals surface area (Å²) in [6.07, 6.45) is 2.28. The molecule has 17 heavy (non-hydrogen) atoms. The maximum absolute atomic E-state index is 11.3. The van der Waals surface area contributed by atoms with Crippen molar-refractivity contribution >= 4 is 17.7 Å². The standard InChI is InChI=1S/C12H14N2O3/c13-11(17)14-9-4-2-8(3-5-9)12(10(15)16)6-1-7-12/h2-5H,1,6-7H2,(H,15,16)(H3,13,14,17). The van der Waals surface area contributed by atoms with E-state index in [1.165, 1.54) is 0 Å². The van der Waals surface area contributed by atoms with Crippen molar-refractivity contribution < 1.29 is 14.7 Å². The van der Waals surface area contributed by atoms with E-state index in [1.807, 2.05) is 0 Å². The molecule has 90 valence electrons. The Morgan fingerprint density at radius 3 is 2.18 bits per heavy atom. The minimum Gasteiger partial charge on any atom is -0.481 e. The average Bonchev–Trinajstić information content (AvgIpc) is 2.17. The largest absolute Gasteiger partial charge is 0.481 e. The predicted molar refractivity (Wildman–Crippen MR) is 62.8 cm³/mol. The highest BCUT2D eigenvalue weighted by Gasteiger charge is 2.45. The molecule has 0 spiro atoms. The lowest BCUT2D eigenvalue weighted by molar-refractivity contribution is -0.147. The summed E-state index contributed by atoms with van der Waals surface area (Å²) in [5, 5.41) is 11.7. The molecule has 2 amide bonds. The van der Waals surface area contributed by atoms with Crippen LogP contribution >= 0.6 is 0 Å². The van der Waals surface area contributed by atoms with Gasteiger partial charge in [-0.25, -0.2) is 4.79 Å². The zero-order chi connectivity index (χ0) is 12.5. The molecule has 5 heteroatoms. The van der Waals surface area contributed by atoms with Crippen LogP contribution in [-0.4, -0.2) is 17.1 Å². The van der Waals surface area contributed by atoms with Crippen molar-refractivity contribution in [3.8, 4) is 0 Å². The number of urea groups is 1. The van der Waals surface area contributed by atoms with Crippen molar-refractivity contribution in [1.82, 2.24) is 0 Å². The van der Waals surface area contributed by atoms with Crippen LogP contribution in [0.1, 0.15) is 24.8 Å². The molecular formula is C12H14N2O3. The fourth-order valence-electron chi connectivity index (χ4n) is 2.17. The third kappa shape index (κ3) is 1.95. The summed E-state index contributed by atoms with van der Waals surface area (Å²) < 4.78 is 0. The number of aliphatic carboxylic acids is 1. The van der Waals surface area contributed by atoms with E-state index < -0.39 is 17.4 Å². The number of rotatable bonds is 3. The summed E-state index contributed by atoms with van der Waals surface area (Å²) in [5.74, 6) is -0.778. The van der Waals surface area contributed by atoms with Gasteiger partial charge in [-0.05, 0) is 30.5 Å². The molecule has 0 saturated heterocycles. The highest BCUT2D eigenvalue weighted by atomic mass is 16.4. The first-order valence-corrected chi connectivity index (χ1v) is 5.45. The van der Waals surface area contributed by atoms with Gasteiger partial charge in [0.15, 0.2) is 0 Å². The predicted octanol–water partition coefficient (Wildman–Crippen LogP) is 1.68. The minimum atomic E-state index is -0.778. The number of carboxylic acids is 1. The molecule has 0 unspecified atom stereocenters. The Balaban J connectivity index is 2.23.